The summed E-state index contributed by atoms with van der Waals surface area (Å²) in [6.07, 6.45) is 10.2. The number of nitrogens with zero attached hydrogens (tertiary/aromatic N) is 2. The van der Waals surface area contributed by atoms with Crippen molar-refractivity contribution in [2.45, 2.75) is 13.0 Å². The summed E-state index contributed by atoms with van der Waals surface area (Å²) in [6.45, 7) is 0.308. The van der Waals surface area contributed by atoms with Crippen molar-refractivity contribution >= 4 is 11.5 Å². The lowest BCUT2D eigenvalue weighted by atomic mass is 10.00. The number of allylic oxidation sites excluding steroid dienone is 6. The van der Waals surface area contributed by atoms with Crippen LogP contribution in [0.1, 0.15) is 22.5 Å². The highest BCUT2D eigenvalue weighted by Crippen LogP contribution is 2.25. The van der Waals surface area contributed by atoms with Crippen LogP contribution in [0.3, 0.4) is 0 Å². The third kappa shape index (κ3) is 3.64. The summed E-state index contributed by atoms with van der Waals surface area (Å²) in [5.74, 6) is -1.14. The number of carbonyl (C=O) groups is 1. The predicted molar refractivity (Wildman–Crippen MR) is 99.8 cm³/mol. The molecule has 0 spiro atoms. The van der Waals surface area contributed by atoms with Gasteiger partial charge in [0, 0.05) is 7.05 Å². The molecule has 0 unspecified atom stereocenters. The van der Waals surface area contributed by atoms with Crippen LogP contribution in [0.2, 0.25) is 0 Å². The van der Waals surface area contributed by atoms with E-state index in [2.05, 4.69) is 16.5 Å². The molecule has 2 aromatic rings. The van der Waals surface area contributed by atoms with Gasteiger partial charge in [0.2, 0.25) is 0 Å². The summed E-state index contributed by atoms with van der Waals surface area (Å²) in [7, 11) is 1.41. The molecular weight excluding hydrogens is 330 g/mol. The molecule has 0 fully saturated rings. The van der Waals surface area contributed by atoms with E-state index in [-0.39, 0.29) is 5.69 Å². The van der Waals surface area contributed by atoms with Crippen molar-refractivity contribution in [2.24, 2.45) is 0 Å². The fourth-order valence-electron chi connectivity index (χ4n) is 2.76. The van der Waals surface area contributed by atoms with E-state index in [1.54, 1.807) is 0 Å². The Bertz CT molecular complexity index is 970. The van der Waals surface area contributed by atoms with E-state index in [9.17, 15) is 14.7 Å². The molecule has 0 saturated heterocycles. The number of carbonyl (C=O) groups excluding carboxylic acids is 1. The van der Waals surface area contributed by atoms with Crippen LogP contribution < -0.4 is 10.7 Å². The Balaban J connectivity index is 2.07. The molecule has 1 amide bonds. The summed E-state index contributed by atoms with van der Waals surface area (Å²) in [5.41, 5.74) is 1.93. The molecule has 26 heavy (non-hydrogen) atoms. The third-order valence-corrected chi connectivity index (χ3v) is 4.03. The maximum absolute atomic E-state index is 11.9. The average molecular weight is 349 g/mol. The number of hydrogen-bond donors (Lipinski definition) is 2. The Hall–Kier alpha value is -3.41. The van der Waals surface area contributed by atoms with E-state index in [1.165, 1.54) is 17.9 Å². The fraction of sp³-hybridized carbons (Fsp3) is 0.150. The van der Waals surface area contributed by atoms with E-state index in [4.69, 9.17) is 0 Å². The number of benzene rings is 1. The highest BCUT2D eigenvalue weighted by atomic mass is 16.3. The topological polar surface area (TPSA) is 84.2 Å². The molecule has 0 atom stereocenters. The van der Waals surface area contributed by atoms with Crippen LogP contribution in [0.4, 0.5) is 0 Å². The third-order valence-electron chi connectivity index (χ3n) is 4.03. The Morgan fingerprint density at radius 3 is 2.69 bits per heavy atom. The highest BCUT2D eigenvalue weighted by molar-refractivity contribution is 5.92. The van der Waals surface area contributed by atoms with Gasteiger partial charge < -0.3 is 10.4 Å². The van der Waals surface area contributed by atoms with Gasteiger partial charge in [-0.25, -0.2) is 0 Å². The maximum atomic E-state index is 11.9. The van der Waals surface area contributed by atoms with Gasteiger partial charge in [-0.2, -0.15) is 5.10 Å². The summed E-state index contributed by atoms with van der Waals surface area (Å²) in [5, 5.41) is 16.4. The molecule has 0 aliphatic heterocycles. The van der Waals surface area contributed by atoms with E-state index in [1.807, 2.05) is 48.6 Å². The fourth-order valence-corrected chi connectivity index (χ4v) is 2.76. The van der Waals surface area contributed by atoms with Gasteiger partial charge in [-0.1, -0.05) is 54.6 Å². The summed E-state index contributed by atoms with van der Waals surface area (Å²) >= 11 is 0. The van der Waals surface area contributed by atoms with Crippen LogP contribution in [-0.2, 0) is 6.54 Å². The highest BCUT2D eigenvalue weighted by Gasteiger charge is 2.16. The second kappa shape index (κ2) is 7.65. The van der Waals surface area contributed by atoms with Crippen molar-refractivity contribution < 1.29 is 9.90 Å². The van der Waals surface area contributed by atoms with Gasteiger partial charge in [0.1, 0.15) is 0 Å². The normalized spacial score (nSPS) is 13.6. The zero-order valence-corrected chi connectivity index (χ0v) is 14.3. The average Bonchev–Trinajstić information content (AvgIpc) is 2.90. The zero-order valence-electron chi connectivity index (χ0n) is 14.3. The smallest absolute Gasteiger partial charge is 0.275 e. The molecule has 1 aromatic heterocycles. The Kier molecular flexibility index (Phi) is 5.12. The zero-order chi connectivity index (χ0) is 18.5. The van der Waals surface area contributed by atoms with Crippen molar-refractivity contribution in [2.75, 3.05) is 7.05 Å². The molecule has 3 rings (SSSR count). The molecule has 0 radical (unpaired) electrons. The molecule has 6 heteroatoms. The van der Waals surface area contributed by atoms with Crippen molar-refractivity contribution in [3.05, 3.63) is 87.9 Å². The number of aromatic nitrogens is 2. The first-order chi connectivity index (χ1) is 12.6. The van der Waals surface area contributed by atoms with Crippen LogP contribution >= 0.6 is 0 Å². The number of rotatable bonds is 4. The number of aromatic hydroxyl groups is 1. The summed E-state index contributed by atoms with van der Waals surface area (Å²) in [6, 6.07) is 9.93. The first-order valence-corrected chi connectivity index (χ1v) is 8.24. The van der Waals surface area contributed by atoms with Crippen molar-refractivity contribution in [3.8, 4) is 5.75 Å². The van der Waals surface area contributed by atoms with Crippen molar-refractivity contribution in [1.29, 1.82) is 0 Å². The lowest BCUT2D eigenvalue weighted by Crippen LogP contribution is -2.29. The van der Waals surface area contributed by atoms with Crippen molar-refractivity contribution in [3.63, 3.8) is 0 Å². The molecule has 2 N–H and O–H groups in total. The summed E-state index contributed by atoms with van der Waals surface area (Å²) < 4.78 is 1.41. The second-order valence-electron chi connectivity index (χ2n) is 5.81. The molecule has 0 saturated carbocycles. The van der Waals surface area contributed by atoms with Gasteiger partial charge in [0.05, 0.1) is 12.7 Å². The molecule has 1 aromatic carbocycles. The van der Waals surface area contributed by atoms with Crippen LogP contribution in [0.25, 0.3) is 5.57 Å². The standard InChI is InChI=1S/C20H19N3O3/c1-21-20(26)18-19(25)17(24)13-23(22-18)12-15-10-6-3-7-11-16(15)14-8-4-2-5-9-14/h2,4-11,13,24H,3,12H2,1H3,(H,21,26). The Morgan fingerprint density at radius 2 is 1.96 bits per heavy atom. The lowest BCUT2D eigenvalue weighted by Gasteiger charge is -2.12. The van der Waals surface area contributed by atoms with Crippen LogP contribution in [0.5, 0.6) is 5.75 Å². The molecule has 1 heterocycles. The van der Waals surface area contributed by atoms with Crippen molar-refractivity contribution in [1.82, 2.24) is 15.1 Å². The van der Waals surface area contributed by atoms with E-state index >= 15 is 0 Å². The molecule has 6 nitrogen and oxygen atoms in total. The van der Waals surface area contributed by atoms with Gasteiger partial charge in [-0.3, -0.25) is 14.3 Å². The molecule has 0 bridgehead atoms. The minimum absolute atomic E-state index is 0.308. The van der Waals surface area contributed by atoms with Crippen LogP contribution in [-0.4, -0.2) is 27.8 Å². The minimum atomic E-state index is -0.783. The van der Waals surface area contributed by atoms with Gasteiger partial charge >= 0.3 is 0 Å². The number of amides is 1. The quantitative estimate of drug-likeness (QED) is 0.887. The van der Waals surface area contributed by atoms with Crippen LogP contribution in [0, 0.1) is 0 Å². The van der Waals surface area contributed by atoms with E-state index < -0.39 is 17.1 Å². The summed E-state index contributed by atoms with van der Waals surface area (Å²) in [4.78, 5) is 23.8. The minimum Gasteiger partial charge on any atom is -0.503 e. The second-order valence-corrected chi connectivity index (χ2v) is 5.81. The van der Waals surface area contributed by atoms with E-state index in [0.717, 1.165) is 23.1 Å². The predicted octanol–water partition coefficient (Wildman–Crippen LogP) is 2.28. The Morgan fingerprint density at radius 1 is 1.23 bits per heavy atom. The number of nitrogens with one attached hydrogen (secondary N) is 1. The Labute approximate surface area is 150 Å². The molecular formula is C20H19N3O3. The van der Waals surface area contributed by atoms with Gasteiger partial charge in [-0.05, 0) is 23.1 Å². The maximum Gasteiger partial charge on any atom is 0.275 e. The monoisotopic (exact) mass is 349 g/mol. The molecule has 1 aliphatic carbocycles. The molecule has 132 valence electrons. The molecule has 1 aliphatic rings. The van der Waals surface area contributed by atoms with E-state index in [0.29, 0.717) is 6.54 Å². The first kappa shape index (κ1) is 17.4. The largest absolute Gasteiger partial charge is 0.503 e. The number of hydrogen-bond acceptors (Lipinski definition) is 4. The van der Waals surface area contributed by atoms with Gasteiger partial charge in [0.15, 0.2) is 11.4 Å². The SMILES string of the molecule is CNC(=O)c1nn(CC2=C(c3ccccc3)C=CCC=C2)cc(O)c1=O. The van der Waals surface area contributed by atoms with Gasteiger partial charge in [-0.15, -0.1) is 0 Å². The van der Waals surface area contributed by atoms with Crippen LogP contribution in [0.15, 0.2) is 71.2 Å². The first-order valence-electron chi connectivity index (χ1n) is 8.24. The lowest BCUT2D eigenvalue weighted by molar-refractivity contribution is 0.0954. The van der Waals surface area contributed by atoms with Gasteiger partial charge in [0.25, 0.3) is 11.3 Å².